The lowest BCUT2D eigenvalue weighted by Crippen LogP contribution is -2.13. The zero-order valence-corrected chi connectivity index (χ0v) is 21.8. The number of aromatic nitrogens is 2. The van der Waals surface area contributed by atoms with Crippen molar-refractivity contribution in [3.63, 3.8) is 0 Å². The molecule has 1 heterocycles. The van der Waals surface area contributed by atoms with Gasteiger partial charge in [0, 0.05) is 37.4 Å². The van der Waals surface area contributed by atoms with Gasteiger partial charge in [-0.1, -0.05) is 68.9 Å². The molecule has 5 nitrogen and oxygen atoms in total. The highest BCUT2D eigenvalue weighted by atomic mass is 79.9. The van der Waals surface area contributed by atoms with Gasteiger partial charge < -0.3 is 10.1 Å². The molecule has 0 fully saturated rings. The predicted octanol–water partition coefficient (Wildman–Crippen LogP) is 7.79. The van der Waals surface area contributed by atoms with E-state index in [0.717, 1.165) is 21.3 Å². The smallest absolute Gasteiger partial charge is 0.256 e. The standard InChI is InChI=1S/C25H19BrCl3N3O2/c1-15-11-24(31-32(15)13-19-20(27)3-2-4-21(19)28)30-25(33)17-7-5-16(6-8-17)14-34-23-10-9-18(26)12-22(23)29/h2-12H,13-14H2,1H3,(H,30,31,33). The van der Waals surface area contributed by atoms with Gasteiger partial charge >= 0.3 is 0 Å². The topological polar surface area (TPSA) is 56.1 Å². The minimum atomic E-state index is -0.260. The fraction of sp³-hybridized carbons (Fsp3) is 0.120. The molecule has 1 aromatic heterocycles. The van der Waals surface area contributed by atoms with Crippen LogP contribution in [0, 0.1) is 6.92 Å². The van der Waals surface area contributed by atoms with Crippen LogP contribution in [-0.2, 0) is 13.2 Å². The molecule has 0 saturated carbocycles. The van der Waals surface area contributed by atoms with E-state index >= 15 is 0 Å². The molecule has 0 spiro atoms. The van der Waals surface area contributed by atoms with E-state index in [4.69, 9.17) is 39.5 Å². The van der Waals surface area contributed by atoms with E-state index < -0.39 is 0 Å². The Morgan fingerprint density at radius 2 is 1.71 bits per heavy atom. The van der Waals surface area contributed by atoms with Gasteiger partial charge in [0.2, 0.25) is 0 Å². The summed E-state index contributed by atoms with van der Waals surface area (Å²) in [6.07, 6.45) is 0. The molecule has 0 aliphatic rings. The van der Waals surface area contributed by atoms with Crippen LogP contribution in [0.15, 0.2) is 71.2 Å². The van der Waals surface area contributed by atoms with Gasteiger partial charge in [0.1, 0.15) is 12.4 Å². The van der Waals surface area contributed by atoms with Crippen LogP contribution >= 0.6 is 50.7 Å². The molecule has 9 heteroatoms. The quantitative estimate of drug-likeness (QED) is 0.243. The lowest BCUT2D eigenvalue weighted by molar-refractivity contribution is 0.102. The second kappa shape index (κ2) is 10.8. The minimum Gasteiger partial charge on any atom is -0.487 e. The summed E-state index contributed by atoms with van der Waals surface area (Å²) >= 11 is 22.1. The molecule has 0 radical (unpaired) electrons. The number of halogens is 4. The highest BCUT2D eigenvalue weighted by molar-refractivity contribution is 9.10. The molecule has 0 saturated heterocycles. The fourth-order valence-electron chi connectivity index (χ4n) is 3.26. The SMILES string of the molecule is Cc1cc(NC(=O)c2ccc(COc3ccc(Br)cc3Cl)cc2)nn1Cc1c(Cl)cccc1Cl. The summed E-state index contributed by atoms with van der Waals surface area (Å²) in [6.45, 7) is 2.63. The fourth-order valence-corrected chi connectivity index (χ4v) is 4.50. The van der Waals surface area contributed by atoms with Gasteiger partial charge in [-0.05, 0) is 55.0 Å². The van der Waals surface area contributed by atoms with Gasteiger partial charge in [0.05, 0.1) is 11.6 Å². The largest absolute Gasteiger partial charge is 0.487 e. The second-order valence-corrected chi connectivity index (χ2v) is 9.68. The van der Waals surface area contributed by atoms with Crippen molar-refractivity contribution < 1.29 is 9.53 Å². The zero-order chi connectivity index (χ0) is 24.2. The number of ether oxygens (including phenoxy) is 1. The van der Waals surface area contributed by atoms with Crippen LogP contribution in [0.2, 0.25) is 15.1 Å². The van der Waals surface area contributed by atoms with Gasteiger partial charge in [-0.2, -0.15) is 5.10 Å². The molecule has 4 rings (SSSR count). The number of carbonyl (C=O) groups is 1. The second-order valence-electron chi connectivity index (χ2n) is 7.54. The van der Waals surface area contributed by atoms with Crippen molar-refractivity contribution in [2.45, 2.75) is 20.1 Å². The Morgan fingerprint density at radius 3 is 2.38 bits per heavy atom. The molecule has 0 bridgehead atoms. The third kappa shape index (κ3) is 5.94. The van der Waals surface area contributed by atoms with E-state index in [0.29, 0.717) is 45.4 Å². The number of benzene rings is 3. The van der Waals surface area contributed by atoms with Crippen molar-refractivity contribution in [3.05, 3.63) is 109 Å². The summed E-state index contributed by atoms with van der Waals surface area (Å²) in [4.78, 5) is 12.7. The van der Waals surface area contributed by atoms with E-state index in [1.54, 1.807) is 53.2 Å². The first-order valence-electron chi connectivity index (χ1n) is 10.3. The molecular formula is C25H19BrCl3N3O2. The van der Waals surface area contributed by atoms with E-state index in [9.17, 15) is 4.79 Å². The van der Waals surface area contributed by atoms with Crippen molar-refractivity contribution in [1.82, 2.24) is 9.78 Å². The number of hydrogen-bond acceptors (Lipinski definition) is 3. The van der Waals surface area contributed by atoms with Crippen molar-refractivity contribution in [2.75, 3.05) is 5.32 Å². The number of rotatable bonds is 7. The first kappa shape index (κ1) is 24.6. The zero-order valence-electron chi connectivity index (χ0n) is 18.0. The average Bonchev–Trinajstić information content (AvgIpc) is 3.14. The first-order chi connectivity index (χ1) is 16.3. The molecule has 0 atom stereocenters. The number of hydrogen-bond donors (Lipinski definition) is 1. The van der Waals surface area contributed by atoms with Crippen LogP contribution in [-0.4, -0.2) is 15.7 Å². The molecule has 0 aliphatic carbocycles. The summed E-state index contributed by atoms with van der Waals surface area (Å²) in [5.74, 6) is 0.780. The van der Waals surface area contributed by atoms with Crippen LogP contribution in [0.4, 0.5) is 5.82 Å². The molecule has 0 aliphatic heterocycles. The van der Waals surface area contributed by atoms with Crippen LogP contribution in [0.1, 0.15) is 27.2 Å². The molecule has 1 amide bonds. The Labute approximate surface area is 220 Å². The number of aryl methyl sites for hydroxylation is 1. The van der Waals surface area contributed by atoms with Crippen molar-refractivity contribution in [2.24, 2.45) is 0 Å². The number of carbonyl (C=O) groups excluding carboxylic acids is 1. The molecule has 174 valence electrons. The summed E-state index contributed by atoms with van der Waals surface area (Å²) in [5, 5.41) is 8.98. The maximum atomic E-state index is 12.7. The Kier molecular flexibility index (Phi) is 7.84. The molecule has 34 heavy (non-hydrogen) atoms. The average molecular weight is 580 g/mol. The predicted molar refractivity (Wildman–Crippen MR) is 140 cm³/mol. The molecular weight excluding hydrogens is 561 g/mol. The lowest BCUT2D eigenvalue weighted by Gasteiger charge is -2.09. The van der Waals surface area contributed by atoms with Crippen LogP contribution in [0.25, 0.3) is 0 Å². The molecule has 4 aromatic rings. The summed E-state index contributed by atoms with van der Waals surface area (Å²) < 4.78 is 8.40. The number of amides is 1. The van der Waals surface area contributed by atoms with Gasteiger partial charge in [0.15, 0.2) is 5.82 Å². The first-order valence-corrected chi connectivity index (χ1v) is 12.2. The van der Waals surface area contributed by atoms with Crippen LogP contribution in [0.5, 0.6) is 5.75 Å². The van der Waals surface area contributed by atoms with Crippen molar-refractivity contribution >= 4 is 62.5 Å². The number of anilines is 1. The summed E-state index contributed by atoms with van der Waals surface area (Å²) in [6, 6.07) is 19.8. The van der Waals surface area contributed by atoms with Gasteiger partial charge in [-0.15, -0.1) is 0 Å². The summed E-state index contributed by atoms with van der Waals surface area (Å²) in [7, 11) is 0. The normalized spacial score (nSPS) is 10.9. The Balaban J connectivity index is 1.38. The van der Waals surface area contributed by atoms with Crippen molar-refractivity contribution in [1.29, 1.82) is 0 Å². The van der Waals surface area contributed by atoms with Gasteiger partial charge in [-0.25, -0.2) is 0 Å². The maximum Gasteiger partial charge on any atom is 0.256 e. The number of nitrogens with one attached hydrogen (secondary N) is 1. The van der Waals surface area contributed by atoms with E-state index in [1.807, 2.05) is 25.1 Å². The molecule has 1 N–H and O–H groups in total. The van der Waals surface area contributed by atoms with Crippen molar-refractivity contribution in [3.8, 4) is 5.75 Å². The lowest BCUT2D eigenvalue weighted by atomic mass is 10.1. The van der Waals surface area contributed by atoms with E-state index in [-0.39, 0.29) is 5.91 Å². The molecule has 0 unspecified atom stereocenters. The highest BCUT2D eigenvalue weighted by Gasteiger charge is 2.13. The van der Waals surface area contributed by atoms with Gasteiger partial charge in [-0.3, -0.25) is 9.48 Å². The van der Waals surface area contributed by atoms with Crippen LogP contribution < -0.4 is 10.1 Å². The summed E-state index contributed by atoms with van der Waals surface area (Å²) in [5.41, 5.74) is 3.06. The molecule has 3 aromatic carbocycles. The third-order valence-corrected chi connectivity index (χ3v) is 6.59. The monoisotopic (exact) mass is 577 g/mol. The third-order valence-electron chi connectivity index (χ3n) is 5.10. The highest BCUT2D eigenvalue weighted by Crippen LogP contribution is 2.29. The van der Waals surface area contributed by atoms with E-state index in [2.05, 4.69) is 26.3 Å². The van der Waals surface area contributed by atoms with E-state index in [1.165, 1.54) is 0 Å². The maximum absolute atomic E-state index is 12.7. The Hall–Kier alpha value is -2.51. The van der Waals surface area contributed by atoms with Crippen LogP contribution in [0.3, 0.4) is 0 Å². The Bertz CT molecular complexity index is 1320. The Morgan fingerprint density at radius 1 is 1.00 bits per heavy atom. The number of nitrogens with zero attached hydrogens (tertiary/aromatic N) is 2. The van der Waals surface area contributed by atoms with Gasteiger partial charge in [0.25, 0.3) is 5.91 Å². The minimum absolute atomic E-state index is 0.260.